The number of Topliss-reactive ketones (excluding diaryl/α,β-unsaturated/α-hetero) is 1. The van der Waals surface area contributed by atoms with Crippen LogP contribution in [0.15, 0.2) is 30.5 Å². The summed E-state index contributed by atoms with van der Waals surface area (Å²) in [6.07, 6.45) is 1.63. The third-order valence-corrected chi connectivity index (χ3v) is 1.92. The number of benzene rings is 1. The molecule has 2 aromatic rings. The molecule has 2 N–H and O–H groups in total. The number of fused-ring (bicyclic) bond motifs is 1. The molecule has 0 radical (unpaired) electrons. The van der Waals surface area contributed by atoms with Crippen molar-refractivity contribution in [1.82, 2.24) is 9.97 Å². The maximum Gasteiger partial charge on any atom is 0.213 e. The Balaban J connectivity index is 2.56. The average Bonchev–Trinajstić information content (AvgIpc) is 2.27. The number of ketones is 1. The third-order valence-electron chi connectivity index (χ3n) is 1.92. The van der Waals surface area contributed by atoms with Crippen LogP contribution in [0.2, 0.25) is 0 Å². The van der Waals surface area contributed by atoms with Gasteiger partial charge in [0.1, 0.15) is 0 Å². The first-order valence-electron chi connectivity index (χ1n) is 4.26. The Morgan fingerprint density at radius 1 is 1.36 bits per heavy atom. The second-order valence-corrected chi connectivity index (χ2v) is 2.88. The van der Waals surface area contributed by atoms with Gasteiger partial charge in [0, 0.05) is 11.6 Å². The van der Waals surface area contributed by atoms with E-state index in [1.54, 1.807) is 6.20 Å². The minimum atomic E-state index is -0.240. The van der Waals surface area contributed by atoms with E-state index >= 15 is 0 Å². The molecule has 1 aromatic carbocycles. The molecule has 14 heavy (non-hydrogen) atoms. The van der Waals surface area contributed by atoms with Gasteiger partial charge in [0.25, 0.3) is 0 Å². The predicted molar refractivity (Wildman–Crippen MR) is 52.9 cm³/mol. The summed E-state index contributed by atoms with van der Waals surface area (Å²) >= 11 is 0. The molecule has 1 aromatic heterocycles. The Kier molecular flexibility index (Phi) is 2.20. The first-order valence-corrected chi connectivity index (χ1v) is 4.26. The molecule has 0 atom stereocenters. The lowest BCUT2D eigenvalue weighted by Crippen LogP contribution is -2.16. The van der Waals surface area contributed by atoms with Gasteiger partial charge in [0.15, 0.2) is 5.82 Å². The molecule has 4 heteroatoms. The SMILES string of the molecule is NCC(=O)c1ncc2ccccc2n1. The van der Waals surface area contributed by atoms with E-state index in [9.17, 15) is 4.79 Å². The van der Waals surface area contributed by atoms with Crippen LogP contribution in [0.25, 0.3) is 10.9 Å². The highest BCUT2D eigenvalue weighted by molar-refractivity contribution is 5.95. The number of hydrogen-bond acceptors (Lipinski definition) is 4. The monoisotopic (exact) mass is 187 g/mol. The topological polar surface area (TPSA) is 68.9 Å². The van der Waals surface area contributed by atoms with Crippen LogP contribution in [0.5, 0.6) is 0 Å². The first kappa shape index (κ1) is 8.77. The van der Waals surface area contributed by atoms with Crippen LogP contribution in [0.4, 0.5) is 0 Å². The number of nitrogens with two attached hydrogens (primary N) is 1. The van der Waals surface area contributed by atoms with Gasteiger partial charge in [-0.05, 0) is 6.07 Å². The van der Waals surface area contributed by atoms with Crippen molar-refractivity contribution in [2.45, 2.75) is 0 Å². The van der Waals surface area contributed by atoms with Crippen LogP contribution in [0, 0.1) is 0 Å². The number of carbonyl (C=O) groups is 1. The molecule has 1 heterocycles. The molecule has 70 valence electrons. The molecule has 2 rings (SSSR count). The number of nitrogens with zero attached hydrogens (tertiary/aromatic N) is 2. The van der Waals surface area contributed by atoms with Crippen molar-refractivity contribution in [3.63, 3.8) is 0 Å². The Hall–Kier alpha value is -1.81. The number of rotatable bonds is 2. The van der Waals surface area contributed by atoms with Gasteiger partial charge in [0.05, 0.1) is 12.1 Å². The van der Waals surface area contributed by atoms with Crippen molar-refractivity contribution < 1.29 is 4.79 Å². The fourth-order valence-electron chi connectivity index (χ4n) is 1.20. The predicted octanol–water partition coefficient (Wildman–Crippen LogP) is 0.771. The molecule has 0 aliphatic heterocycles. The molecule has 0 aliphatic carbocycles. The van der Waals surface area contributed by atoms with Crippen LogP contribution in [-0.2, 0) is 0 Å². The van der Waals surface area contributed by atoms with Gasteiger partial charge >= 0.3 is 0 Å². The normalized spacial score (nSPS) is 10.4. The molecule has 0 unspecified atom stereocenters. The lowest BCUT2D eigenvalue weighted by molar-refractivity contribution is 0.0992. The second kappa shape index (κ2) is 3.51. The van der Waals surface area contributed by atoms with Gasteiger partial charge in [-0.25, -0.2) is 9.97 Å². The van der Waals surface area contributed by atoms with Crippen molar-refractivity contribution >= 4 is 16.7 Å². The number of para-hydroxylation sites is 1. The summed E-state index contributed by atoms with van der Waals surface area (Å²) in [5.74, 6) is -0.0537. The van der Waals surface area contributed by atoms with Crippen LogP contribution >= 0.6 is 0 Å². The van der Waals surface area contributed by atoms with E-state index < -0.39 is 0 Å². The van der Waals surface area contributed by atoms with Gasteiger partial charge in [-0.3, -0.25) is 4.79 Å². The smallest absolute Gasteiger partial charge is 0.213 e. The highest BCUT2D eigenvalue weighted by atomic mass is 16.1. The van der Waals surface area contributed by atoms with Crippen molar-refractivity contribution in [3.05, 3.63) is 36.3 Å². The quantitative estimate of drug-likeness (QED) is 0.705. The molecule has 0 spiro atoms. The Labute approximate surface area is 80.8 Å². The fraction of sp³-hybridized carbons (Fsp3) is 0.100. The van der Waals surface area contributed by atoms with Gasteiger partial charge in [-0.15, -0.1) is 0 Å². The summed E-state index contributed by atoms with van der Waals surface area (Å²) in [4.78, 5) is 19.2. The maximum atomic E-state index is 11.2. The second-order valence-electron chi connectivity index (χ2n) is 2.88. The highest BCUT2D eigenvalue weighted by Gasteiger charge is 2.06. The van der Waals surface area contributed by atoms with Gasteiger partial charge < -0.3 is 5.73 Å². The molecule has 0 bridgehead atoms. The summed E-state index contributed by atoms with van der Waals surface area (Å²) in [6, 6.07) is 7.50. The standard InChI is InChI=1S/C10H9N3O/c11-5-9(14)10-12-6-7-3-1-2-4-8(7)13-10/h1-4,6H,5,11H2. The zero-order valence-corrected chi connectivity index (χ0v) is 7.47. The largest absolute Gasteiger partial charge is 0.324 e. The Morgan fingerprint density at radius 3 is 2.93 bits per heavy atom. The molecule has 0 fully saturated rings. The van der Waals surface area contributed by atoms with Crippen molar-refractivity contribution in [2.24, 2.45) is 5.73 Å². The zero-order chi connectivity index (χ0) is 9.97. The van der Waals surface area contributed by atoms with Gasteiger partial charge in [-0.2, -0.15) is 0 Å². The summed E-state index contributed by atoms with van der Waals surface area (Å²) < 4.78 is 0. The fourth-order valence-corrected chi connectivity index (χ4v) is 1.20. The minimum absolute atomic E-state index is 0.0572. The van der Waals surface area contributed by atoms with Crippen molar-refractivity contribution in [3.8, 4) is 0 Å². The molecule has 0 aliphatic rings. The van der Waals surface area contributed by atoms with E-state index in [0.717, 1.165) is 10.9 Å². The van der Waals surface area contributed by atoms with Crippen molar-refractivity contribution in [2.75, 3.05) is 6.54 Å². The Morgan fingerprint density at radius 2 is 2.14 bits per heavy atom. The van der Waals surface area contributed by atoms with Crippen LogP contribution in [-0.4, -0.2) is 22.3 Å². The van der Waals surface area contributed by atoms with E-state index in [4.69, 9.17) is 5.73 Å². The van der Waals surface area contributed by atoms with Crippen LogP contribution in [0.1, 0.15) is 10.6 Å². The van der Waals surface area contributed by atoms with E-state index in [-0.39, 0.29) is 18.2 Å². The lowest BCUT2D eigenvalue weighted by Gasteiger charge is -1.98. The molecule has 0 saturated heterocycles. The van der Waals surface area contributed by atoms with E-state index in [0.29, 0.717) is 0 Å². The third kappa shape index (κ3) is 1.47. The summed E-state index contributed by atoms with van der Waals surface area (Å²) in [7, 11) is 0. The highest BCUT2D eigenvalue weighted by Crippen LogP contribution is 2.09. The number of aromatic nitrogens is 2. The molecular weight excluding hydrogens is 178 g/mol. The summed E-state index contributed by atoms with van der Waals surface area (Å²) in [5.41, 5.74) is 5.98. The van der Waals surface area contributed by atoms with Gasteiger partial charge in [0.2, 0.25) is 5.78 Å². The number of carbonyl (C=O) groups excluding carboxylic acids is 1. The van der Waals surface area contributed by atoms with Crippen molar-refractivity contribution in [1.29, 1.82) is 0 Å². The first-order chi connectivity index (χ1) is 6.81. The molecule has 4 nitrogen and oxygen atoms in total. The van der Waals surface area contributed by atoms with Crippen LogP contribution in [0.3, 0.4) is 0 Å². The average molecular weight is 187 g/mol. The van der Waals surface area contributed by atoms with Crippen LogP contribution < -0.4 is 5.73 Å². The number of hydrogen-bond donors (Lipinski definition) is 1. The van der Waals surface area contributed by atoms with E-state index in [1.165, 1.54) is 0 Å². The summed E-state index contributed by atoms with van der Waals surface area (Å²) in [5, 5.41) is 0.918. The van der Waals surface area contributed by atoms with E-state index in [1.807, 2.05) is 24.3 Å². The minimum Gasteiger partial charge on any atom is -0.324 e. The molecule has 0 saturated carbocycles. The van der Waals surface area contributed by atoms with Gasteiger partial charge in [-0.1, -0.05) is 18.2 Å². The lowest BCUT2D eigenvalue weighted by atomic mass is 10.2. The Bertz CT molecular complexity index is 482. The zero-order valence-electron chi connectivity index (χ0n) is 7.47. The maximum absolute atomic E-state index is 11.2. The summed E-state index contributed by atoms with van der Waals surface area (Å²) in [6.45, 7) is -0.0572. The molecular formula is C10H9N3O. The van der Waals surface area contributed by atoms with E-state index in [2.05, 4.69) is 9.97 Å². The molecule has 0 amide bonds.